The Morgan fingerprint density at radius 2 is 2.09 bits per heavy atom. The summed E-state index contributed by atoms with van der Waals surface area (Å²) in [5.41, 5.74) is 0. The SMILES string of the molecule is Cc1noc(COC(=O)COc2ccc3ccccc3c2Br)n1. The second-order valence-electron chi connectivity index (χ2n) is 4.78. The lowest BCUT2D eigenvalue weighted by atomic mass is 10.1. The van der Waals surface area contributed by atoms with Crippen LogP contribution in [0.1, 0.15) is 11.7 Å². The summed E-state index contributed by atoms with van der Waals surface area (Å²) < 4.78 is 16.2. The average Bonchev–Trinajstić information content (AvgIpc) is 2.98. The van der Waals surface area contributed by atoms with E-state index in [4.69, 9.17) is 14.0 Å². The number of aryl methyl sites for hydroxylation is 1. The zero-order valence-corrected chi connectivity index (χ0v) is 13.9. The minimum Gasteiger partial charge on any atom is -0.481 e. The average molecular weight is 377 g/mol. The first-order chi connectivity index (χ1) is 11.1. The normalized spacial score (nSPS) is 10.7. The van der Waals surface area contributed by atoms with Crippen LogP contribution in [0, 0.1) is 6.92 Å². The third kappa shape index (κ3) is 3.68. The zero-order chi connectivity index (χ0) is 16.2. The third-order valence-electron chi connectivity index (χ3n) is 3.10. The molecular formula is C16H13BrN2O4. The van der Waals surface area contributed by atoms with E-state index >= 15 is 0 Å². The van der Waals surface area contributed by atoms with E-state index in [0.29, 0.717) is 11.6 Å². The molecule has 0 aliphatic carbocycles. The highest BCUT2D eigenvalue weighted by molar-refractivity contribution is 9.10. The van der Waals surface area contributed by atoms with Gasteiger partial charge in [0.1, 0.15) is 5.75 Å². The number of hydrogen-bond donors (Lipinski definition) is 0. The zero-order valence-electron chi connectivity index (χ0n) is 12.3. The van der Waals surface area contributed by atoms with E-state index in [1.807, 2.05) is 30.3 Å². The van der Waals surface area contributed by atoms with E-state index in [-0.39, 0.29) is 19.1 Å². The number of aromatic nitrogens is 2. The van der Waals surface area contributed by atoms with Gasteiger partial charge in [0.15, 0.2) is 19.0 Å². The van der Waals surface area contributed by atoms with Crippen molar-refractivity contribution in [3.05, 3.63) is 52.6 Å². The molecule has 0 atom stereocenters. The van der Waals surface area contributed by atoms with Crippen LogP contribution >= 0.6 is 15.9 Å². The van der Waals surface area contributed by atoms with Crippen molar-refractivity contribution in [1.29, 1.82) is 0 Å². The van der Waals surface area contributed by atoms with E-state index < -0.39 is 5.97 Å². The maximum Gasteiger partial charge on any atom is 0.344 e. The van der Waals surface area contributed by atoms with Gasteiger partial charge in [-0.15, -0.1) is 0 Å². The summed E-state index contributed by atoms with van der Waals surface area (Å²) in [6.45, 7) is 1.42. The molecule has 23 heavy (non-hydrogen) atoms. The first-order valence-corrected chi connectivity index (χ1v) is 7.67. The molecule has 0 saturated carbocycles. The maximum atomic E-state index is 11.7. The van der Waals surface area contributed by atoms with Crippen molar-refractivity contribution in [3.8, 4) is 5.75 Å². The molecule has 0 N–H and O–H groups in total. The van der Waals surface area contributed by atoms with Crippen LogP contribution in [0.5, 0.6) is 5.75 Å². The van der Waals surface area contributed by atoms with Crippen LogP contribution in [0.25, 0.3) is 10.8 Å². The monoisotopic (exact) mass is 376 g/mol. The highest BCUT2D eigenvalue weighted by Gasteiger charge is 2.11. The largest absolute Gasteiger partial charge is 0.481 e. The van der Waals surface area contributed by atoms with Gasteiger partial charge in [-0.05, 0) is 39.7 Å². The van der Waals surface area contributed by atoms with Gasteiger partial charge in [0.25, 0.3) is 5.89 Å². The van der Waals surface area contributed by atoms with Crippen LogP contribution in [-0.4, -0.2) is 22.7 Å². The van der Waals surface area contributed by atoms with Gasteiger partial charge in [-0.25, -0.2) is 4.79 Å². The molecule has 3 aromatic rings. The Kier molecular flexibility index (Phi) is 4.57. The van der Waals surface area contributed by atoms with Gasteiger partial charge < -0.3 is 14.0 Å². The fourth-order valence-electron chi connectivity index (χ4n) is 2.04. The third-order valence-corrected chi connectivity index (χ3v) is 3.92. The van der Waals surface area contributed by atoms with Gasteiger partial charge in [0.05, 0.1) is 4.47 Å². The lowest BCUT2D eigenvalue weighted by Crippen LogP contribution is -2.15. The number of rotatable bonds is 5. The molecule has 0 unspecified atom stereocenters. The molecule has 0 spiro atoms. The van der Waals surface area contributed by atoms with Crippen LogP contribution in [0.2, 0.25) is 0 Å². The summed E-state index contributed by atoms with van der Waals surface area (Å²) in [5, 5.41) is 5.71. The summed E-state index contributed by atoms with van der Waals surface area (Å²) in [7, 11) is 0. The van der Waals surface area contributed by atoms with Gasteiger partial charge in [-0.2, -0.15) is 4.98 Å². The van der Waals surface area contributed by atoms with Gasteiger partial charge in [-0.3, -0.25) is 0 Å². The number of fused-ring (bicyclic) bond motifs is 1. The minimum atomic E-state index is -0.513. The minimum absolute atomic E-state index is 0.0675. The fourth-order valence-corrected chi connectivity index (χ4v) is 2.65. The molecule has 6 nitrogen and oxygen atoms in total. The van der Waals surface area contributed by atoms with Gasteiger partial charge in [0, 0.05) is 0 Å². The molecule has 0 aliphatic rings. The van der Waals surface area contributed by atoms with E-state index in [1.54, 1.807) is 13.0 Å². The van der Waals surface area contributed by atoms with Crippen molar-refractivity contribution in [1.82, 2.24) is 10.1 Å². The van der Waals surface area contributed by atoms with Gasteiger partial charge in [0.2, 0.25) is 0 Å². The Hall–Kier alpha value is -2.41. The molecule has 7 heteroatoms. The van der Waals surface area contributed by atoms with Crippen LogP contribution < -0.4 is 4.74 Å². The van der Waals surface area contributed by atoms with Crippen LogP contribution in [0.15, 0.2) is 45.4 Å². The predicted octanol–water partition coefficient (Wildman–Crippen LogP) is 3.42. The summed E-state index contributed by atoms with van der Waals surface area (Å²) in [4.78, 5) is 15.7. The van der Waals surface area contributed by atoms with E-state index in [9.17, 15) is 4.79 Å². The first-order valence-electron chi connectivity index (χ1n) is 6.88. The predicted molar refractivity (Wildman–Crippen MR) is 86.0 cm³/mol. The number of benzene rings is 2. The van der Waals surface area contributed by atoms with Crippen LogP contribution in [-0.2, 0) is 16.1 Å². The summed E-state index contributed by atoms with van der Waals surface area (Å²) in [6, 6.07) is 11.6. The Morgan fingerprint density at radius 3 is 2.87 bits per heavy atom. The Bertz CT molecular complexity index is 847. The molecule has 1 heterocycles. The van der Waals surface area contributed by atoms with Crippen molar-refractivity contribution in [2.75, 3.05) is 6.61 Å². The smallest absolute Gasteiger partial charge is 0.344 e. The fraction of sp³-hybridized carbons (Fsp3) is 0.188. The number of carbonyl (C=O) groups is 1. The van der Waals surface area contributed by atoms with Crippen LogP contribution in [0.3, 0.4) is 0 Å². The molecule has 0 bridgehead atoms. The molecule has 0 radical (unpaired) electrons. The highest BCUT2D eigenvalue weighted by atomic mass is 79.9. The standard InChI is InChI=1S/C16H13BrN2O4/c1-10-18-14(23-19-10)8-22-15(20)9-21-13-7-6-11-4-2-3-5-12(11)16(13)17/h2-7H,8-9H2,1H3. The quantitative estimate of drug-likeness (QED) is 0.635. The second kappa shape index (κ2) is 6.78. The topological polar surface area (TPSA) is 74.5 Å². The lowest BCUT2D eigenvalue weighted by Gasteiger charge is -2.09. The molecule has 118 valence electrons. The van der Waals surface area contributed by atoms with Crippen LogP contribution in [0.4, 0.5) is 0 Å². The molecule has 1 aromatic heterocycles. The number of esters is 1. The van der Waals surface area contributed by atoms with Crippen molar-refractivity contribution in [3.63, 3.8) is 0 Å². The number of carbonyl (C=O) groups excluding carboxylic acids is 1. The van der Waals surface area contributed by atoms with Gasteiger partial charge >= 0.3 is 5.97 Å². The molecule has 2 aromatic carbocycles. The highest BCUT2D eigenvalue weighted by Crippen LogP contribution is 2.32. The van der Waals surface area contributed by atoms with E-state index in [0.717, 1.165) is 15.2 Å². The molecule has 0 fully saturated rings. The van der Waals surface area contributed by atoms with Gasteiger partial charge in [-0.1, -0.05) is 35.5 Å². The number of hydrogen-bond acceptors (Lipinski definition) is 6. The summed E-state index contributed by atoms with van der Waals surface area (Å²) >= 11 is 3.50. The first kappa shape index (κ1) is 15.5. The summed E-state index contributed by atoms with van der Waals surface area (Å²) in [6.07, 6.45) is 0. The Balaban J connectivity index is 1.59. The van der Waals surface area contributed by atoms with E-state index in [2.05, 4.69) is 26.1 Å². The Morgan fingerprint density at radius 1 is 1.26 bits per heavy atom. The number of halogens is 1. The number of ether oxygens (including phenoxy) is 2. The molecule has 0 aliphatic heterocycles. The lowest BCUT2D eigenvalue weighted by molar-refractivity contribution is -0.148. The Labute approximate surface area is 140 Å². The van der Waals surface area contributed by atoms with Crippen molar-refractivity contribution >= 4 is 32.7 Å². The number of nitrogens with zero attached hydrogens (tertiary/aromatic N) is 2. The molecule has 0 saturated heterocycles. The molecule has 0 amide bonds. The van der Waals surface area contributed by atoms with E-state index in [1.165, 1.54) is 0 Å². The molecule has 3 rings (SSSR count). The second-order valence-corrected chi connectivity index (χ2v) is 5.58. The van der Waals surface area contributed by atoms with Crippen molar-refractivity contribution in [2.24, 2.45) is 0 Å². The summed E-state index contributed by atoms with van der Waals surface area (Å²) in [5.74, 6) is 0.810. The van der Waals surface area contributed by atoms with Crippen molar-refractivity contribution < 1.29 is 18.8 Å². The van der Waals surface area contributed by atoms with Crippen molar-refractivity contribution in [2.45, 2.75) is 13.5 Å². The molecular weight excluding hydrogens is 364 g/mol. The maximum absolute atomic E-state index is 11.7.